The van der Waals surface area contributed by atoms with Crippen molar-refractivity contribution in [1.82, 2.24) is 10.2 Å². The Morgan fingerprint density at radius 2 is 2.00 bits per heavy atom. The van der Waals surface area contributed by atoms with Crippen LogP contribution in [0.25, 0.3) is 0 Å². The molecule has 0 aromatic heterocycles. The number of nitrogens with one attached hydrogen (secondary N) is 1. The third-order valence-corrected chi connectivity index (χ3v) is 5.97. The van der Waals surface area contributed by atoms with E-state index < -0.39 is 0 Å². The maximum absolute atomic E-state index is 3.50. The number of benzene rings is 1. The van der Waals surface area contributed by atoms with E-state index >= 15 is 0 Å². The van der Waals surface area contributed by atoms with Crippen molar-refractivity contribution in [2.75, 3.05) is 13.1 Å². The second-order valence-corrected chi connectivity index (χ2v) is 7.21. The quantitative estimate of drug-likeness (QED) is 0.894. The summed E-state index contributed by atoms with van der Waals surface area (Å²) in [7, 11) is 0. The fourth-order valence-electron chi connectivity index (χ4n) is 4.90. The van der Waals surface area contributed by atoms with Gasteiger partial charge in [0, 0.05) is 19.1 Å². The minimum Gasteiger partial charge on any atom is -0.312 e. The first-order valence-corrected chi connectivity index (χ1v) is 8.96. The van der Waals surface area contributed by atoms with Crippen LogP contribution >= 0.6 is 0 Å². The van der Waals surface area contributed by atoms with Crippen molar-refractivity contribution < 1.29 is 0 Å². The molecule has 21 heavy (non-hydrogen) atoms. The van der Waals surface area contributed by atoms with Gasteiger partial charge in [-0.15, -0.1) is 0 Å². The van der Waals surface area contributed by atoms with Gasteiger partial charge in [0.1, 0.15) is 0 Å². The third kappa shape index (κ3) is 2.76. The van der Waals surface area contributed by atoms with Crippen molar-refractivity contribution in [3.05, 3.63) is 34.9 Å². The summed E-state index contributed by atoms with van der Waals surface area (Å²) >= 11 is 0. The average Bonchev–Trinajstić information content (AvgIpc) is 2.56. The van der Waals surface area contributed by atoms with Crippen LogP contribution in [-0.4, -0.2) is 24.0 Å². The zero-order valence-electron chi connectivity index (χ0n) is 13.1. The van der Waals surface area contributed by atoms with E-state index in [1.54, 1.807) is 11.1 Å². The highest BCUT2D eigenvalue weighted by Gasteiger charge is 2.33. The van der Waals surface area contributed by atoms with Crippen LogP contribution in [0.5, 0.6) is 0 Å². The molecule has 3 aliphatic rings. The topological polar surface area (TPSA) is 15.3 Å². The van der Waals surface area contributed by atoms with Crippen molar-refractivity contribution in [2.45, 2.75) is 64.1 Å². The number of fused-ring (bicyclic) bond motifs is 2. The molecule has 1 saturated heterocycles. The molecule has 4 rings (SSSR count). The van der Waals surface area contributed by atoms with Crippen molar-refractivity contribution >= 4 is 0 Å². The molecule has 2 atom stereocenters. The standard InChI is InChI=1S/C19H28N2/c1-2-9-19-15(5-1)8-4-12-21(19)14-17-7-3-6-16-13-20-11-10-18(16)17/h3,6-7,15,19-20H,1-2,4-5,8-14H2/t15-,19-/m1/s1. The number of hydrogen-bond donors (Lipinski definition) is 1. The SMILES string of the molecule is c1cc2c(c(CN3CCC[C@H]4CCCC[C@H]43)c1)CCNC2. The van der Waals surface area contributed by atoms with E-state index in [4.69, 9.17) is 0 Å². The lowest BCUT2D eigenvalue weighted by Gasteiger charge is -2.44. The molecule has 2 heterocycles. The minimum absolute atomic E-state index is 0.880. The van der Waals surface area contributed by atoms with Gasteiger partial charge in [0.25, 0.3) is 0 Å². The summed E-state index contributed by atoms with van der Waals surface area (Å²) < 4.78 is 0. The van der Waals surface area contributed by atoms with E-state index in [9.17, 15) is 0 Å². The van der Waals surface area contributed by atoms with Crippen LogP contribution in [0.4, 0.5) is 0 Å². The maximum atomic E-state index is 3.50. The molecule has 0 bridgehead atoms. The van der Waals surface area contributed by atoms with Gasteiger partial charge in [-0.2, -0.15) is 0 Å². The van der Waals surface area contributed by atoms with Gasteiger partial charge in [0.05, 0.1) is 0 Å². The molecular formula is C19H28N2. The molecule has 1 N–H and O–H groups in total. The van der Waals surface area contributed by atoms with Crippen molar-refractivity contribution in [3.63, 3.8) is 0 Å². The first-order chi connectivity index (χ1) is 10.4. The Morgan fingerprint density at radius 3 is 3.00 bits per heavy atom. The first kappa shape index (κ1) is 13.8. The molecule has 1 aromatic rings. The van der Waals surface area contributed by atoms with Crippen LogP contribution in [0.1, 0.15) is 55.2 Å². The van der Waals surface area contributed by atoms with E-state index in [0.29, 0.717) is 0 Å². The van der Waals surface area contributed by atoms with Gasteiger partial charge in [-0.25, -0.2) is 0 Å². The van der Waals surface area contributed by atoms with Crippen LogP contribution in [-0.2, 0) is 19.5 Å². The second kappa shape index (κ2) is 6.10. The van der Waals surface area contributed by atoms with Gasteiger partial charge in [-0.1, -0.05) is 31.0 Å². The van der Waals surface area contributed by atoms with E-state index in [1.807, 2.05) is 0 Å². The predicted molar refractivity (Wildman–Crippen MR) is 87.2 cm³/mol. The number of likely N-dealkylation sites (tertiary alicyclic amines) is 1. The van der Waals surface area contributed by atoms with Gasteiger partial charge in [0.2, 0.25) is 0 Å². The van der Waals surface area contributed by atoms with Crippen molar-refractivity contribution in [2.24, 2.45) is 5.92 Å². The summed E-state index contributed by atoms with van der Waals surface area (Å²) in [6, 6.07) is 7.84. The maximum Gasteiger partial charge on any atom is 0.0239 e. The highest BCUT2D eigenvalue weighted by Crippen LogP contribution is 2.36. The van der Waals surface area contributed by atoms with Crippen LogP contribution in [0, 0.1) is 5.92 Å². The van der Waals surface area contributed by atoms with E-state index in [2.05, 4.69) is 28.4 Å². The second-order valence-electron chi connectivity index (χ2n) is 7.21. The lowest BCUT2D eigenvalue weighted by atomic mass is 9.78. The van der Waals surface area contributed by atoms with Gasteiger partial charge in [-0.05, 0) is 67.8 Å². The Labute approximate surface area is 128 Å². The summed E-state index contributed by atoms with van der Waals surface area (Å²) in [6.07, 6.45) is 9.97. The molecule has 2 nitrogen and oxygen atoms in total. The van der Waals surface area contributed by atoms with E-state index in [1.165, 1.54) is 63.6 Å². The largest absolute Gasteiger partial charge is 0.312 e. The molecule has 1 aliphatic carbocycles. The zero-order chi connectivity index (χ0) is 14.1. The Morgan fingerprint density at radius 1 is 1.10 bits per heavy atom. The van der Waals surface area contributed by atoms with E-state index in [0.717, 1.165) is 25.0 Å². The summed E-state index contributed by atoms with van der Waals surface area (Å²) in [5.74, 6) is 0.994. The average molecular weight is 284 g/mol. The van der Waals surface area contributed by atoms with Gasteiger partial charge < -0.3 is 5.32 Å². The van der Waals surface area contributed by atoms with E-state index in [-0.39, 0.29) is 0 Å². The lowest BCUT2D eigenvalue weighted by Crippen LogP contribution is -2.46. The molecule has 0 unspecified atom stereocenters. The fourth-order valence-corrected chi connectivity index (χ4v) is 4.90. The number of hydrogen-bond acceptors (Lipinski definition) is 2. The number of rotatable bonds is 2. The molecule has 1 aromatic carbocycles. The Hall–Kier alpha value is -0.860. The first-order valence-electron chi connectivity index (χ1n) is 8.96. The predicted octanol–water partition coefficient (Wildman–Crippen LogP) is 3.49. The highest BCUT2D eigenvalue weighted by atomic mass is 15.2. The minimum atomic E-state index is 0.880. The molecule has 1 saturated carbocycles. The van der Waals surface area contributed by atoms with Crippen LogP contribution in [0.3, 0.4) is 0 Å². The van der Waals surface area contributed by atoms with Gasteiger partial charge >= 0.3 is 0 Å². The molecule has 2 fully saturated rings. The van der Waals surface area contributed by atoms with Crippen LogP contribution in [0.2, 0.25) is 0 Å². The normalized spacial score (nSPS) is 29.7. The lowest BCUT2D eigenvalue weighted by molar-refractivity contribution is 0.0544. The van der Waals surface area contributed by atoms with Gasteiger partial charge in [0.15, 0.2) is 0 Å². The molecular weight excluding hydrogens is 256 g/mol. The van der Waals surface area contributed by atoms with Gasteiger partial charge in [-0.3, -0.25) is 4.90 Å². The fraction of sp³-hybridized carbons (Fsp3) is 0.684. The molecule has 114 valence electrons. The number of piperidine rings is 1. The van der Waals surface area contributed by atoms with Crippen molar-refractivity contribution in [1.29, 1.82) is 0 Å². The summed E-state index contributed by atoms with van der Waals surface area (Å²) in [6.45, 7) is 4.73. The Kier molecular flexibility index (Phi) is 4.00. The van der Waals surface area contributed by atoms with Crippen LogP contribution in [0.15, 0.2) is 18.2 Å². The third-order valence-electron chi connectivity index (χ3n) is 5.97. The molecule has 0 spiro atoms. The molecule has 2 heteroatoms. The summed E-state index contributed by atoms with van der Waals surface area (Å²) in [4.78, 5) is 2.82. The summed E-state index contributed by atoms with van der Waals surface area (Å²) in [5, 5.41) is 3.50. The monoisotopic (exact) mass is 284 g/mol. The summed E-state index contributed by atoms with van der Waals surface area (Å²) in [5.41, 5.74) is 4.80. The van der Waals surface area contributed by atoms with Crippen molar-refractivity contribution in [3.8, 4) is 0 Å². The Balaban J connectivity index is 1.55. The smallest absolute Gasteiger partial charge is 0.0239 e. The Bertz CT molecular complexity index is 494. The highest BCUT2D eigenvalue weighted by molar-refractivity contribution is 5.37. The number of nitrogens with zero attached hydrogens (tertiary/aromatic N) is 1. The molecule has 0 radical (unpaired) electrons. The molecule has 0 amide bonds. The van der Waals surface area contributed by atoms with Crippen LogP contribution < -0.4 is 5.32 Å². The molecule has 2 aliphatic heterocycles. The zero-order valence-corrected chi connectivity index (χ0v) is 13.1.